The Bertz CT molecular complexity index is 3130. The molecule has 0 saturated heterocycles. The summed E-state index contributed by atoms with van der Waals surface area (Å²) in [6, 6.07) is 74.7. The van der Waals surface area contributed by atoms with Gasteiger partial charge in [-0.3, -0.25) is 0 Å². The van der Waals surface area contributed by atoms with Gasteiger partial charge >= 0.3 is 0 Å². The lowest BCUT2D eigenvalue weighted by atomic mass is 9.92. The van der Waals surface area contributed by atoms with Gasteiger partial charge in [-0.05, 0) is 107 Å². The van der Waals surface area contributed by atoms with Crippen LogP contribution < -0.4 is 10.4 Å². The molecule has 58 heavy (non-hydrogen) atoms. The molecule has 1 aromatic heterocycles. The van der Waals surface area contributed by atoms with Crippen LogP contribution in [0, 0.1) is 0 Å². The summed E-state index contributed by atoms with van der Waals surface area (Å²) in [5.41, 5.74) is 15.1. The Kier molecular flexibility index (Phi) is 8.27. The van der Waals surface area contributed by atoms with E-state index in [-0.39, 0.29) is 0 Å². The van der Waals surface area contributed by atoms with Crippen molar-refractivity contribution in [2.75, 3.05) is 0 Å². The molecule has 0 amide bonds. The van der Waals surface area contributed by atoms with Crippen LogP contribution in [0.2, 0.25) is 6.55 Å². The maximum atomic E-state index is 5.55. The highest BCUT2D eigenvalue weighted by Gasteiger charge is 2.34. The molecule has 1 aliphatic heterocycles. The third-order valence-electron chi connectivity index (χ3n) is 11.9. The van der Waals surface area contributed by atoms with Crippen molar-refractivity contribution in [3.63, 3.8) is 0 Å². The monoisotopic (exact) mass is 754 g/mol. The van der Waals surface area contributed by atoms with E-state index in [1.807, 2.05) is 0 Å². The molecule has 272 valence electrons. The molecule has 10 aromatic rings. The maximum Gasteiger partial charge on any atom is 0.161 e. The van der Waals surface area contributed by atoms with Gasteiger partial charge in [0.1, 0.15) is 8.80 Å². The number of hydrogen-bond donors (Lipinski definition) is 0. The SMILES string of the molecule is C[SiH]1c2c(-c3cccc(-c4cccc(-c5cc(-c6ccccc6)cc(-c6ccccc6)c5)c4)c3)nc(-c3cccc4ccccc34)nc2-c2ccc3ccccc3c21. The summed E-state index contributed by atoms with van der Waals surface area (Å²) in [5.74, 6) is 0.771. The lowest BCUT2D eigenvalue weighted by Crippen LogP contribution is -2.37. The molecular formula is C55H38N2Si. The summed E-state index contributed by atoms with van der Waals surface area (Å²) in [4.78, 5) is 11.0. The Balaban J connectivity index is 1.07. The van der Waals surface area contributed by atoms with E-state index in [2.05, 4.69) is 213 Å². The summed E-state index contributed by atoms with van der Waals surface area (Å²) in [6.45, 7) is 2.46. The highest BCUT2D eigenvalue weighted by Crippen LogP contribution is 2.37. The van der Waals surface area contributed by atoms with Crippen LogP contribution in [0.25, 0.3) is 100.0 Å². The van der Waals surface area contributed by atoms with Gasteiger partial charge in [0, 0.05) is 16.7 Å². The lowest BCUT2D eigenvalue weighted by Gasteiger charge is -2.16. The van der Waals surface area contributed by atoms with Crippen LogP contribution in [0.15, 0.2) is 206 Å². The smallest absolute Gasteiger partial charge is 0.161 e. The van der Waals surface area contributed by atoms with Crippen LogP contribution in [0.5, 0.6) is 0 Å². The molecule has 0 saturated carbocycles. The fourth-order valence-electron chi connectivity index (χ4n) is 9.07. The van der Waals surface area contributed by atoms with Crippen LogP contribution in [0.1, 0.15) is 0 Å². The molecule has 0 bridgehead atoms. The van der Waals surface area contributed by atoms with Gasteiger partial charge in [-0.15, -0.1) is 0 Å². The number of fused-ring (bicyclic) bond motifs is 6. The van der Waals surface area contributed by atoms with Crippen LogP contribution in [-0.4, -0.2) is 18.8 Å². The van der Waals surface area contributed by atoms with Crippen molar-refractivity contribution < 1.29 is 0 Å². The molecule has 1 aliphatic rings. The molecule has 2 nitrogen and oxygen atoms in total. The molecule has 0 N–H and O–H groups in total. The van der Waals surface area contributed by atoms with Crippen molar-refractivity contribution in [3.8, 4) is 78.4 Å². The summed E-state index contributed by atoms with van der Waals surface area (Å²) in [6.07, 6.45) is 0. The number of aromatic nitrogens is 2. The van der Waals surface area contributed by atoms with Crippen molar-refractivity contribution in [1.29, 1.82) is 0 Å². The van der Waals surface area contributed by atoms with Gasteiger partial charge in [0.05, 0.1) is 11.4 Å². The van der Waals surface area contributed by atoms with Crippen molar-refractivity contribution in [1.82, 2.24) is 9.97 Å². The Morgan fingerprint density at radius 2 is 0.759 bits per heavy atom. The minimum atomic E-state index is -1.69. The summed E-state index contributed by atoms with van der Waals surface area (Å²) >= 11 is 0. The van der Waals surface area contributed by atoms with Crippen molar-refractivity contribution in [3.05, 3.63) is 206 Å². The van der Waals surface area contributed by atoms with E-state index in [9.17, 15) is 0 Å². The molecule has 3 heteroatoms. The third kappa shape index (κ3) is 5.87. The first-order valence-corrected chi connectivity index (χ1v) is 22.4. The van der Waals surface area contributed by atoms with E-state index >= 15 is 0 Å². The van der Waals surface area contributed by atoms with Crippen LogP contribution in [0.3, 0.4) is 0 Å². The Labute approximate surface area is 340 Å². The normalized spacial score (nSPS) is 13.1. The number of rotatable bonds is 6. The van der Waals surface area contributed by atoms with Crippen LogP contribution >= 0.6 is 0 Å². The average Bonchev–Trinajstić information content (AvgIpc) is 3.60. The van der Waals surface area contributed by atoms with E-state index in [4.69, 9.17) is 9.97 Å². The molecule has 9 aromatic carbocycles. The van der Waals surface area contributed by atoms with Gasteiger partial charge in [0.25, 0.3) is 0 Å². The highest BCUT2D eigenvalue weighted by atomic mass is 28.3. The molecule has 2 heterocycles. The van der Waals surface area contributed by atoms with Crippen molar-refractivity contribution in [2.24, 2.45) is 0 Å². The second kappa shape index (κ2) is 14.1. The standard InChI is InChI=1S/C55H38N2Si/c1-58-53-48-27-11-9-20-39(48)29-30-50(53)52-54(58)51(56-55(57-52)49-28-14-21-38-19-8-10-26-47(38)49)43-25-13-23-41(32-43)40-22-12-24-42(31-40)46-34-44(36-15-4-2-5-16-36)33-45(35-46)37-17-6-3-7-18-37/h2-35,58H,1H3. The second-order valence-electron chi connectivity index (χ2n) is 15.3. The fraction of sp³-hybridized carbons (Fsp3) is 0.0182. The van der Waals surface area contributed by atoms with Crippen LogP contribution in [0.4, 0.5) is 0 Å². The highest BCUT2D eigenvalue weighted by molar-refractivity contribution is 6.91. The summed E-state index contributed by atoms with van der Waals surface area (Å²) < 4.78 is 0. The Morgan fingerprint density at radius 3 is 1.43 bits per heavy atom. The first-order chi connectivity index (χ1) is 28.7. The van der Waals surface area contributed by atoms with E-state index in [1.54, 1.807) is 0 Å². The molecule has 0 radical (unpaired) electrons. The number of hydrogen-bond acceptors (Lipinski definition) is 2. The minimum absolute atomic E-state index is 0.771. The van der Waals surface area contributed by atoms with Crippen LogP contribution in [-0.2, 0) is 0 Å². The van der Waals surface area contributed by atoms with E-state index in [0.29, 0.717) is 0 Å². The van der Waals surface area contributed by atoms with E-state index < -0.39 is 8.80 Å². The minimum Gasteiger partial charge on any atom is -0.228 e. The van der Waals surface area contributed by atoms with E-state index in [1.165, 1.54) is 71.0 Å². The number of benzene rings is 9. The Morgan fingerprint density at radius 1 is 0.310 bits per heavy atom. The molecule has 0 spiro atoms. The fourth-order valence-corrected chi connectivity index (χ4v) is 12.1. The zero-order chi connectivity index (χ0) is 38.6. The van der Waals surface area contributed by atoms with Gasteiger partial charge < -0.3 is 0 Å². The van der Waals surface area contributed by atoms with Gasteiger partial charge in [-0.2, -0.15) is 0 Å². The molecule has 1 unspecified atom stereocenters. The topological polar surface area (TPSA) is 25.8 Å². The molecule has 1 atom stereocenters. The molecule has 0 aliphatic carbocycles. The van der Waals surface area contributed by atoms with Gasteiger partial charge in [0.15, 0.2) is 5.82 Å². The maximum absolute atomic E-state index is 5.55. The largest absolute Gasteiger partial charge is 0.228 e. The third-order valence-corrected chi connectivity index (χ3v) is 14.8. The summed E-state index contributed by atoms with van der Waals surface area (Å²) in [7, 11) is -1.69. The number of nitrogens with zero attached hydrogens (tertiary/aromatic N) is 2. The first-order valence-electron chi connectivity index (χ1n) is 20.1. The van der Waals surface area contributed by atoms with Crippen molar-refractivity contribution >= 4 is 40.7 Å². The molecule has 0 fully saturated rings. The van der Waals surface area contributed by atoms with Gasteiger partial charge in [-0.1, -0.05) is 182 Å². The average molecular weight is 755 g/mol. The predicted molar refractivity (Wildman–Crippen MR) is 247 cm³/mol. The predicted octanol–water partition coefficient (Wildman–Crippen LogP) is 12.7. The van der Waals surface area contributed by atoms with Gasteiger partial charge in [0.2, 0.25) is 0 Å². The molecule has 11 rings (SSSR count). The lowest BCUT2D eigenvalue weighted by molar-refractivity contribution is 1.21. The second-order valence-corrected chi connectivity index (χ2v) is 17.9. The molecular weight excluding hydrogens is 717 g/mol. The quantitative estimate of drug-likeness (QED) is 0.158. The Hall–Kier alpha value is -7.20. The van der Waals surface area contributed by atoms with Crippen molar-refractivity contribution in [2.45, 2.75) is 6.55 Å². The van der Waals surface area contributed by atoms with E-state index in [0.717, 1.165) is 39.3 Å². The zero-order valence-electron chi connectivity index (χ0n) is 32.1. The zero-order valence-corrected chi connectivity index (χ0v) is 33.3. The summed E-state index contributed by atoms with van der Waals surface area (Å²) in [5, 5.41) is 7.76. The first kappa shape index (κ1) is 34.1. The van der Waals surface area contributed by atoms with Gasteiger partial charge in [-0.25, -0.2) is 9.97 Å².